The van der Waals surface area contributed by atoms with Gasteiger partial charge in [0.05, 0.1) is 4.92 Å². The molecule has 1 fully saturated rings. The molecule has 2 rings (SSSR count). The van der Waals surface area contributed by atoms with Crippen molar-refractivity contribution >= 4 is 11.5 Å². The number of anilines is 1. The fourth-order valence-corrected chi connectivity index (χ4v) is 3.06. The van der Waals surface area contributed by atoms with E-state index >= 15 is 0 Å². The summed E-state index contributed by atoms with van der Waals surface area (Å²) in [6.07, 6.45) is 5.26. The van der Waals surface area contributed by atoms with Crippen molar-refractivity contribution in [1.82, 2.24) is 9.78 Å². The first-order valence-electron chi connectivity index (χ1n) is 7.25. The molecule has 1 unspecified atom stereocenters. The summed E-state index contributed by atoms with van der Waals surface area (Å²) < 4.78 is 1.56. The fourth-order valence-electron chi connectivity index (χ4n) is 3.06. The molecular weight excluding hydrogens is 258 g/mol. The third-order valence-corrected chi connectivity index (χ3v) is 4.15. The first-order valence-corrected chi connectivity index (χ1v) is 7.25. The van der Waals surface area contributed by atoms with E-state index in [2.05, 4.69) is 10.4 Å². The van der Waals surface area contributed by atoms with Gasteiger partial charge in [-0.05, 0) is 25.2 Å². The molecule has 0 radical (unpaired) electrons. The van der Waals surface area contributed by atoms with Crippen molar-refractivity contribution in [2.24, 2.45) is 18.7 Å². The van der Waals surface area contributed by atoms with E-state index in [1.54, 1.807) is 11.7 Å². The Labute approximate surface area is 118 Å². The average molecular weight is 281 g/mol. The van der Waals surface area contributed by atoms with E-state index in [4.69, 9.17) is 5.73 Å². The molecule has 1 aliphatic rings. The normalized spacial score (nSPS) is 17.4. The van der Waals surface area contributed by atoms with E-state index < -0.39 is 0 Å². The van der Waals surface area contributed by atoms with Gasteiger partial charge < -0.3 is 11.1 Å². The van der Waals surface area contributed by atoms with E-state index in [1.165, 1.54) is 12.8 Å². The third-order valence-electron chi connectivity index (χ3n) is 4.15. The van der Waals surface area contributed by atoms with Crippen LogP contribution in [0.4, 0.5) is 11.5 Å². The summed E-state index contributed by atoms with van der Waals surface area (Å²) in [5.41, 5.74) is 6.46. The number of aromatic nitrogens is 2. The zero-order valence-corrected chi connectivity index (χ0v) is 12.1. The van der Waals surface area contributed by atoms with Crippen molar-refractivity contribution in [3.05, 3.63) is 15.8 Å². The zero-order valence-electron chi connectivity index (χ0n) is 12.1. The number of nitrogens with one attached hydrogen (secondary N) is 1. The highest BCUT2D eigenvalue weighted by atomic mass is 16.6. The molecular formula is C13H23N5O2. The Morgan fingerprint density at radius 1 is 1.55 bits per heavy atom. The molecule has 112 valence electrons. The highest BCUT2D eigenvalue weighted by Crippen LogP contribution is 2.33. The van der Waals surface area contributed by atoms with Crippen LogP contribution in [-0.2, 0) is 13.5 Å². The summed E-state index contributed by atoms with van der Waals surface area (Å²) in [6.45, 7) is 2.35. The lowest BCUT2D eigenvalue weighted by molar-refractivity contribution is -0.384. The van der Waals surface area contributed by atoms with Gasteiger partial charge in [-0.25, -0.2) is 4.68 Å². The predicted molar refractivity (Wildman–Crippen MR) is 77.7 cm³/mol. The van der Waals surface area contributed by atoms with Gasteiger partial charge in [0.1, 0.15) is 5.69 Å². The Kier molecular flexibility index (Phi) is 4.59. The van der Waals surface area contributed by atoms with Crippen LogP contribution in [0.2, 0.25) is 0 Å². The number of nitrogens with zero attached hydrogens (tertiary/aromatic N) is 3. The summed E-state index contributed by atoms with van der Waals surface area (Å²) in [5, 5.41) is 18.8. The molecule has 1 heterocycles. The SMILES string of the molecule is CCc1nn(C)c(NC(CN)C2CCCC2)c1[N+](=O)[O-]. The van der Waals surface area contributed by atoms with Crippen LogP contribution in [0.1, 0.15) is 38.3 Å². The minimum absolute atomic E-state index is 0.0799. The second-order valence-electron chi connectivity index (χ2n) is 5.41. The van der Waals surface area contributed by atoms with Gasteiger partial charge in [-0.15, -0.1) is 0 Å². The first kappa shape index (κ1) is 14.8. The third kappa shape index (κ3) is 2.77. The van der Waals surface area contributed by atoms with Crippen LogP contribution >= 0.6 is 0 Å². The van der Waals surface area contributed by atoms with Crippen molar-refractivity contribution in [3.8, 4) is 0 Å². The molecule has 0 amide bonds. The van der Waals surface area contributed by atoms with Crippen LogP contribution < -0.4 is 11.1 Å². The molecule has 1 aromatic heterocycles. The Morgan fingerprint density at radius 3 is 2.70 bits per heavy atom. The van der Waals surface area contributed by atoms with Gasteiger partial charge in [0.25, 0.3) is 0 Å². The smallest absolute Gasteiger partial charge is 0.333 e. The summed E-state index contributed by atoms with van der Waals surface area (Å²) in [6, 6.07) is 0.0799. The molecule has 20 heavy (non-hydrogen) atoms. The van der Waals surface area contributed by atoms with E-state index in [1.807, 2.05) is 6.92 Å². The van der Waals surface area contributed by atoms with Crippen molar-refractivity contribution in [2.75, 3.05) is 11.9 Å². The summed E-state index contributed by atoms with van der Waals surface area (Å²) in [5.74, 6) is 0.980. The van der Waals surface area contributed by atoms with Gasteiger partial charge in [-0.1, -0.05) is 19.8 Å². The molecule has 1 aliphatic carbocycles. The maximum absolute atomic E-state index is 11.3. The predicted octanol–water partition coefficient (Wildman–Crippen LogP) is 1.82. The highest BCUT2D eigenvalue weighted by molar-refractivity contribution is 5.60. The molecule has 0 spiro atoms. The monoisotopic (exact) mass is 281 g/mol. The van der Waals surface area contributed by atoms with E-state index in [-0.39, 0.29) is 16.7 Å². The molecule has 0 aromatic carbocycles. The minimum Gasteiger partial charge on any atom is -0.360 e. The van der Waals surface area contributed by atoms with Crippen LogP contribution in [0, 0.1) is 16.0 Å². The van der Waals surface area contributed by atoms with Crippen LogP contribution in [-0.4, -0.2) is 27.3 Å². The van der Waals surface area contributed by atoms with Gasteiger partial charge in [-0.3, -0.25) is 10.1 Å². The van der Waals surface area contributed by atoms with Gasteiger partial charge in [0, 0.05) is 19.6 Å². The number of rotatable bonds is 6. The van der Waals surface area contributed by atoms with Crippen molar-refractivity contribution in [3.63, 3.8) is 0 Å². The van der Waals surface area contributed by atoms with Gasteiger partial charge in [0.2, 0.25) is 5.82 Å². The van der Waals surface area contributed by atoms with Crippen LogP contribution in [0.5, 0.6) is 0 Å². The lowest BCUT2D eigenvalue weighted by Gasteiger charge is -2.23. The number of nitrogens with two attached hydrogens (primary N) is 1. The Hall–Kier alpha value is -1.63. The van der Waals surface area contributed by atoms with Gasteiger partial charge >= 0.3 is 5.69 Å². The largest absolute Gasteiger partial charge is 0.360 e. The van der Waals surface area contributed by atoms with E-state index in [9.17, 15) is 10.1 Å². The van der Waals surface area contributed by atoms with Crippen molar-refractivity contribution < 1.29 is 4.92 Å². The minimum atomic E-state index is -0.351. The highest BCUT2D eigenvalue weighted by Gasteiger charge is 2.30. The second-order valence-corrected chi connectivity index (χ2v) is 5.41. The molecule has 7 heteroatoms. The van der Waals surface area contributed by atoms with Gasteiger partial charge in [0.15, 0.2) is 0 Å². The zero-order chi connectivity index (χ0) is 14.7. The average Bonchev–Trinajstić information content (AvgIpc) is 3.03. The maximum Gasteiger partial charge on any atom is 0.333 e. The number of nitro groups is 1. The summed E-state index contributed by atoms with van der Waals surface area (Å²) >= 11 is 0. The van der Waals surface area contributed by atoms with Crippen LogP contribution in [0.15, 0.2) is 0 Å². The Morgan fingerprint density at radius 2 is 2.20 bits per heavy atom. The molecule has 1 saturated carbocycles. The summed E-state index contributed by atoms with van der Waals surface area (Å²) in [7, 11) is 1.73. The molecule has 0 saturated heterocycles. The lowest BCUT2D eigenvalue weighted by atomic mass is 9.98. The van der Waals surface area contributed by atoms with Crippen molar-refractivity contribution in [2.45, 2.75) is 45.1 Å². The molecule has 3 N–H and O–H groups in total. The first-order chi connectivity index (χ1) is 9.58. The number of hydrogen-bond acceptors (Lipinski definition) is 5. The number of hydrogen-bond donors (Lipinski definition) is 2. The molecule has 7 nitrogen and oxygen atoms in total. The van der Waals surface area contributed by atoms with Crippen molar-refractivity contribution in [1.29, 1.82) is 0 Å². The quantitative estimate of drug-likeness (QED) is 0.612. The van der Waals surface area contributed by atoms with E-state index in [0.717, 1.165) is 12.8 Å². The molecule has 1 atom stereocenters. The Balaban J connectivity index is 2.26. The van der Waals surface area contributed by atoms with E-state index in [0.29, 0.717) is 30.4 Å². The number of aryl methyl sites for hydroxylation is 2. The van der Waals surface area contributed by atoms with Crippen LogP contribution in [0.3, 0.4) is 0 Å². The molecule has 0 bridgehead atoms. The molecule has 1 aromatic rings. The van der Waals surface area contributed by atoms with Crippen LogP contribution in [0.25, 0.3) is 0 Å². The standard InChI is InChI=1S/C13H23N5O2/c1-3-10-12(18(19)20)13(17(2)16-10)15-11(8-14)9-6-4-5-7-9/h9,11,15H,3-8,14H2,1-2H3. The Bertz CT molecular complexity index is 479. The fraction of sp³-hybridized carbons (Fsp3) is 0.769. The molecule has 0 aliphatic heterocycles. The second kappa shape index (κ2) is 6.21. The maximum atomic E-state index is 11.3. The lowest BCUT2D eigenvalue weighted by Crippen LogP contribution is -2.36. The van der Waals surface area contributed by atoms with Gasteiger partial charge in [-0.2, -0.15) is 5.10 Å². The topological polar surface area (TPSA) is 99.0 Å². The summed E-state index contributed by atoms with van der Waals surface area (Å²) in [4.78, 5) is 10.9.